The van der Waals surface area contributed by atoms with Gasteiger partial charge in [0.25, 0.3) is 0 Å². The lowest BCUT2D eigenvalue weighted by Gasteiger charge is -2.13. The van der Waals surface area contributed by atoms with Gasteiger partial charge in [-0.1, -0.05) is 6.07 Å². The van der Waals surface area contributed by atoms with E-state index in [9.17, 15) is 4.79 Å². The van der Waals surface area contributed by atoms with Gasteiger partial charge in [-0.25, -0.2) is 0 Å². The molecular formula is C13H13Br2N3O. The molecule has 100 valence electrons. The van der Waals surface area contributed by atoms with Crippen LogP contribution in [0.4, 0.5) is 5.69 Å². The Morgan fingerprint density at radius 1 is 1.42 bits per heavy atom. The largest absolute Gasteiger partial charge is 0.323 e. The van der Waals surface area contributed by atoms with Crippen LogP contribution in [0.2, 0.25) is 0 Å². The molecular weight excluding hydrogens is 374 g/mol. The maximum Gasteiger partial charge on any atom is 0.248 e. The number of hydrogen-bond acceptors (Lipinski definition) is 2. The second kappa shape index (κ2) is 5.88. The van der Waals surface area contributed by atoms with Gasteiger partial charge < -0.3 is 5.32 Å². The van der Waals surface area contributed by atoms with Crippen LogP contribution >= 0.6 is 31.9 Å². The molecule has 1 atom stereocenters. The molecule has 1 aromatic heterocycles. The van der Waals surface area contributed by atoms with Gasteiger partial charge in [0.1, 0.15) is 6.04 Å². The van der Waals surface area contributed by atoms with Gasteiger partial charge in [0.2, 0.25) is 5.91 Å². The standard InChI is InChI=1S/C13H13Br2N3O/c1-8-3-4-12(11(15)5-8)17-13(19)9(2)18-7-10(14)6-16-18/h3-7,9H,1-2H3,(H,17,19). The van der Waals surface area contributed by atoms with Crippen LogP contribution in [-0.2, 0) is 4.79 Å². The molecule has 0 radical (unpaired) electrons. The van der Waals surface area contributed by atoms with Crippen LogP contribution in [0.1, 0.15) is 18.5 Å². The summed E-state index contributed by atoms with van der Waals surface area (Å²) in [6.07, 6.45) is 3.43. The minimum atomic E-state index is -0.375. The van der Waals surface area contributed by atoms with Crippen LogP contribution in [0, 0.1) is 6.92 Å². The molecule has 1 unspecified atom stereocenters. The Kier molecular flexibility index (Phi) is 4.42. The number of carbonyl (C=O) groups excluding carboxylic acids is 1. The minimum absolute atomic E-state index is 0.111. The number of carbonyl (C=O) groups is 1. The molecule has 0 spiro atoms. The molecule has 6 heteroatoms. The van der Waals surface area contributed by atoms with E-state index in [1.54, 1.807) is 24.0 Å². The number of rotatable bonds is 3. The van der Waals surface area contributed by atoms with Crippen molar-refractivity contribution in [1.82, 2.24) is 9.78 Å². The molecule has 1 N–H and O–H groups in total. The van der Waals surface area contributed by atoms with Crippen molar-refractivity contribution >= 4 is 43.5 Å². The minimum Gasteiger partial charge on any atom is -0.323 e. The molecule has 2 rings (SSSR count). The first-order chi connectivity index (χ1) is 8.97. The monoisotopic (exact) mass is 385 g/mol. The topological polar surface area (TPSA) is 46.9 Å². The third-order valence-electron chi connectivity index (χ3n) is 2.73. The van der Waals surface area contributed by atoms with E-state index in [2.05, 4.69) is 42.3 Å². The molecule has 2 aromatic rings. The third kappa shape index (κ3) is 3.45. The van der Waals surface area contributed by atoms with E-state index in [-0.39, 0.29) is 11.9 Å². The summed E-state index contributed by atoms with van der Waals surface area (Å²) in [7, 11) is 0. The van der Waals surface area contributed by atoms with E-state index >= 15 is 0 Å². The van der Waals surface area contributed by atoms with Gasteiger partial charge >= 0.3 is 0 Å². The van der Waals surface area contributed by atoms with Crippen LogP contribution in [0.25, 0.3) is 0 Å². The highest BCUT2D eigenvalue weighted by Gasteiger charge is 2.16. The highest BCUT2D eigenvalue weighted by atomic mass is 79.9. The normalized spacial score (nSPS) is 12.2. The van der Waals surface area contributed by atoms with Crippen molar-refractivity contribution in [2.45, 2.75) is 19.9 Å². The number of halogens is 2. The van der Waals surface area contributed by atoms with Crippen LogP contribution in [0.15, 0.2) is 39.5 Å². The van der Waals surface area contributed by atoms with E-state index in [0.29, 0.717) is 0 Å². The fourth-order valence-corrected chi connectivity index (χ4v) is 2.50. The summed E-state index contributed by atoms with van der Waals surface area (Å²) in [5.41, 5.74) is 1.89. The lowest BCUT2D eigenvalue weighted by Crippen LogP contribution is -2.24. The molecule has 1 aromatic carbocycles. The summed E-state index contributed by atoms with van der Waals surface area (Å²) < 4.78 is 3.33. The Morgan fingerprint density at radius 3 is 2.74 bits per heavy atom. The predicted molar refractivity (Wildman–Crippen MR) is 82.1 cm³/mol. The SMILES string of the molecule is Cc1ccc(NC(=O)C(C)n2cc(Br)cn2)c(Br)c1. The van der Waals surface area contributed by atoms with Gasteiger partial charge in [-0.05, 0) is 63.4 Å². The zero-order chi connectivity index (χ0) is 14.0. The predicted octanol–water partition coefficient (Wildman–Crippen LogP) is 3.92. The highest BCUT2D eigenvalue weighted by molar-refractivity contribution is 9.10. The van der Waals surface area contributed by atoms with Crippen LogP contribution in [-0.4, -0.2) is 15.7 Å². The van der Waals surface area contributed by atoms with E-state index in [1.165, 1.54) is 0 Å². The number of aromatic nitrogens is 2. The molecule has 0 aliphatic carbocycles. The molecule has 0 saturated carbocycles. The average molecular weight is 387 g/mol. The fraction of sp³-hybridized carbons (Fsp3) is 0.231. The van der Waals surface area contributed by atoms with Crippen molar-refractivity contribution < 1.29 is 4.79 Å². The summed E-state index contributed by atoms with van der Waals surface area (Å²) in [5.74, 6) is -0.111. The quantitative estimate of drug-likeness (QED) is 0.868. The van der Waals surface area contributed by atoms with Gasteiger partial charge in [0.15, 0.2) is 0 Å². The lowest BCUT2D eigenvalue weighted by molar-refractivity contribution is -0.119. The molecule has 1 amide bonds. The van der Waals surface area contributed by atoms with Crippen molar-refractivity contribution in [1.29, 1.82) is 0 Å². The van der Waals surface area contributed by atoms with E-state index in [4.69, 9.17) is 0 Å². The van der Waals surface area contributed by atoms with Crippen LogP contribution in [0.5, 0.6) is 0 Å². The van der Waals surface area contributed by atoms with Crippen LogP contribution in [0.3, 0.4) is 0 Å². The molecule has 0 saturated heterocycles. The Balaban J connectivity index is 2.12. The first kappa shape index (κ1) is 14.3. The molecule has 19 heavy (non-hydrogen) atoms. The molecule has 0 aliphatic rings. The third-order valence-corrected chi connectivity index (χ3v) is 3.79. The molecule has 1 heterocycles. The lowest BCUT2D eigenvalue weighted by atomic mass is 10.2. The summed E-state index contributed by atoms with van der Waals surface area (Å²) in [5, 5.41) is 7.00. The van der Waals surface area contributed by atoms with Crippen molar-refractivity contribution in [2.75, 3.05) is 5.32 Å². The van der Waals surface area contributed by atoms with Gasteiger partial charge in [0, 0.05) is 10.7 Å². The Labute approximate surface area is 128 Å². The second-order valence-corrected chi connectivity index (χ2v) is 6.06. The first-order valence-corrected chi connectivity index (χ1v) is 7.32. The zero-order valence-corrected chi connectivity index (χ0v) is 13.7. The van der Waals surface area contributed by atoms with Crippen molar-refractivity contribution in [3.05, 3.63) is 45.1 Å². The summed E-state index contributed by atoms with van der Waals surface area (Å²) in [6, 6.07) is 5.42. The van der Waals surface area contributed by atoms with Crippen molar-refractivity contribution in [3.63, 3.8) is 0 Å². The summed E-state index contributed by atoms with van der Waals surface area (Å²) in [6.45, 7) is 3.80. The fourth-order valence-electron chi connectivity index (χ4n) is 1.61. The number of anilines is 1. The van der Waals surface area contributed by atoms with Gasteiger partial charge in [-0.2, -0.15) is 5.10 Å². The number of amides is 1. The van der Waals surface area contributed by atoms with E-state index in [1.807, 2.05) is 25.1 Å². The summed E-state index contributed by atoms with van der Waals surface area (Å²) >= 11 is 6.75. The number of benzene rings is 1. The zero-order valence-electron chi connectivity index (χ0n) is 10.5. The van der Waals surface area contributed by atoms with E-state index in [0.717, 1.165) is 20.2 Å². The first-order valence-electron chi connectivity index (χ1n) is 5.74. The number of hydrogen-bond donors (Lipinski definition) is 1. The number of aryl methyl sites for hydroxylation is 1. The molecule has 0 bridgehead atoms. The van der Waals surface area contributed by atoms with Gasteiger partial charge in [0.05, 0.1) is 16.4 Å². The van der Waals surface area contributed by atoms with E-state index < -0.39 is 0 Å². The Morgan fingerprint density at radius 2 is 2.16 bits per heavy atom. The summed E-state index contributed by atoms with van der Waals surface area (Å²) in [4.78, 5) is 12.2. The maximum atomic E-state index is 12.2. The molecule has 4 nitrogen and oxygen atoms in total. The molecule has 0 aliphatic heterocycles. The maximum absolute atomic E-state index is 12.2. The van der Waals surface area contributed by atoms with Gasteiger partial charge in [-0.15, -0.1) is 0 Å². The number of nitrogens with zero attached hydrogens (tertiary/aromatic N) is 2. The number of nitrogens with one attached hydrogen (secondary N) is 1. The Hall–Kier alpha value is -1.14. The van der Waals surface area contributed by atoms with Crippen molar-refractivity contribution in [3.8, 4) is 0 Å². The Bertz CT molecular complexity index is 610. The van der Waals surface area contributed by atoms with Crippen molar-refractivity contribution in [2.24, 2.45) is 0 Å². The smallest absolute Gasteiger partial charge is 0.248 e. The van der Waals surface area contributed by atoms with Crippen LogP contribution < -0.4 is 5.32 Å². The molecule has 0 fully saturated rings. The highest BCUT2D eigenvalue weighted by Crippen LogP contribution is 2.24. The average Bonchev–Trinajstić information content (AvgIpc) is 2.78. The second-order valence-electron chi connectivity index (χ2n) is 4.29. The van der Waals surface area contributed by atoms with Gasteiger partial charge in [-0.3, -0.25) is 9.48 Å².